The van der Waals surface area contributed by atoms with E-state index in [0.717, 1.165) is 31.8 Å². The van der Waals surface area contributed by atoms with Crippen molar-refractivity contribution >= 4 is 5.91 Å². The molecule has 6 nitrogen and oxygen atoms in total. The first-order valence-corrected chi connectivity index (χ1v) is 8.64. The number of amides is 1. The Morgan fingerprint density at radius 3 is 2.92 bits per heavy atom. The van der Waals surface area contributed by atoms with Crippen molar-refractivity contribution in [3.63, 3.8) is 0 Å². The zero-order valence-electron chi connectivity index (χ0n) is 14.0. The number of likely N-dealkylation sites (tertiary alicyclic amines) is 1. The molecule has 1 aliphatic heterocycles. The predicted molar refractivity (Wildman–Crippen MR) is 94.2 cm³/mol. The number of H-pyrrole nitrogens is 1. The zero-order valence-corrected chi connectivity index (χ0v) is 14.0. The highest BCUT2D eigenvalue weighted by molar-refractivity contribution is 5.92. The van der Waals surface area contributed by atoms with Crippen LogP contribution in [0.25, 0.3) is 0 Å². The van der Waals surface area contributed by atoms with Gasteiger partial charge in [-0.1, -0.05) is 0 Å². The lowest BCUT2D eigenvalue weighted by molar-refractivity contribution is 0.0698. The number of aromatic amines is 1. The highest BCUT2D eigenvalue weighted by Gasteiger charge is 2.28. The molecule has 4 rings (SSSR count). The van der Waals surface area contributed by atoms with E-state index in [0.29, 0.717) is 12.2 Å². The Hall–Kier alpha value is -2.89. The molecule has 4 heterocycles. The van der Waals surface area contributed by atoms with E-state index in [1.807, 2.05) is 54.0 Å². The third-order valence-electron chi connectivity index (χ3n) is 4.75. The first-order chi connectivity index (χ1) is 12.3. The van der Waals surface area contributed by atoms with Gasteiger partial charge in [0.15, 0.2) is 0 Å². The minimum atomic E-state index is 0.0712. The van der Waals surface area contributed by atoms with Gasteiger partial charge < -0.3 is 14.5 Å². The molecule has 1 fully saturated rings. The Kier molecular flexibility index (Phi) is 4.33. The van der Waals surface area contributed by atoms with Gasteiger partial charge in [-0.05, 0) is 42.7 Å². The Morgan fingerprint density at radius 2 is 2.12 bits per heavy atom. The minimum absolute atomic E-state index is 0.0712. The van der Waals surface area contributed by atoms with E-state index in [9.17, 15) is 4.79 Å². The standard InChI is InChI=1S/C19H21N5O/c25-19(17-4-1-7-21-17)24-11-2-3-16(14-24)18-22-10-12-23(18)13-15-5-8-20-9-6-15/h1,4-10,12,16,21H,2-3,11,13-14H2/t16-/m0/s1. The van der Waals surface area contributed by atoms with Crippen molar-refractivity contribution < 1.29 is 4.79 Å². The molecular weight excluding hydrogens is 314 g/mol. The summed E-state index contributed by atoms with van der Waals surface area (Å²) in [6.45, 7) is 2.30. The van der Waals surface area contributed by atoms with Gasteiger partial charge in [0, 0.05) is 56.5 Å². The van der Waals surface area contributed by atoms with Crippen LogP contribution in [0.15, 0.2) is 55.2 Å². The molecule has 1 amide bonds. The van der Waals surface area contributed by atoms with Crippen LogP contribution in [0.4, 0.5) is 0 Å². The molecule has 0 aromatic carbocycles. The molecule has 0 radical (unpaired) electrons. The summed E-state index contributed by atoms with van der Waals surface area (Å²) >= 11 is 0. The molecule has 128 valence electrons. The Morgan fingerprint density at radius 1 is 1.24 bits per heavy atom. The van der Waals surface area contributed by atoms with Crippen LogP contribution in [0.3, 0.4) is 0 Å². The molecule has 6 heteroatoms. The number of nitrogens with one attached hydrogen (secondary N) is 1. The highest BCUT2D eigenvalue weighted by Crippen LogP contribution is 2.27. The first kappa shape index (κ1) is 15.6. The van der Waals surface area contributed by atoms with Crippen molar-refractivity contribution in [3.8, 4) is 0 Å². The average Bonchev–Trinajstić information content (AvgIpc) is 3.34. The predicted octanol–water partition coefficient (Wildman–Crippen LogP) is 2.67. The number of carbonyl (C=O) groups is 1. The molecule has 3 aromatic rings. The van der Waals surface area contributed by atoms with E-state index >= 15 is 0 Å². The molecule has 1 atom stereocenters. The molecule has 1 saturated heterocycles. The van der Waals surface area contributed by atoms with Gasteiger partial charge in [0.05, 0.1) is 0 Å². The molecule has 1 aliphatic rings. The van der Waals surface area contributed by atoms with Crippen LogP contribution in [0, 0.1) is 0 Å². The van der Waals surface area contributed by atoms with Crippen LogP contribution in [-0.4, -0.2) is 43.4 Å². The summed E-state index contributed by atoms with van der Waals surface area (Å²) in [6, 6.07) is 7.73. The lowest BCUT2D eigenvalue weighted by Gasteiger charge is -2.32. The van der Waals surface area contributed by atoms with Gasteiger partial charge in [-0.25, -0.2) is 4.98 Å². The highest BCUT2D eigenvalue weighted by atomic mass is 16.2. The molecular formula is C19H21N5O. The Balaban J connectivity index is 1.50. The van der Waals surface area contributed by atoms with Crippen LogP contribution in [-0.2, 0) is 6.54 Å². The van der Waals surface area contributed by atoms with Crippen molar-refractivity contribution in [3.05, 3.63) is 72.3 Å². The van der Waals surface area contributed by atoms with Crippen LogP contribution >= 0.6 is 0 Å². The van der Waals surface area contributed by atoms with Crippen molar-refractivity contribution in [2.24, 2.45) is 0 Å². The van der Waals surface area contributed by atoms with E-state index in [1.165, 1.54) is 5.56 Å². The van der Waals surface area contributed by atoms with E-state index in [4.69, 9.17) is 0 Å². The zero-order chi connectivity index (χ0) is 17.1. The van der Waals surface area contributed by atoms with Crippen LogP contribution in [0.2, 0.25) is 0 Å². The molecule has 0 aliphatic carbocycles. The summed E-state index contributed by atoms with van der Waals surface area (Å²) in [5.41, 5.74) is 1.85. The van der Waals surface area contributed by atoms with Crippen LogP contribution < -0.4 is 0 Å². The number of hydrogen-bond acceptors (Lipinski definition) is 3. The van der Waals surface area contributed by atoms with Gasteiger partial charge in [0.25, 0.3) is 5.91 Å². The van der Waals surface area contributed by atoms with Gasteiger partial charge in [0.2, 0.25) is 0 Å². The number of rotatable bonds is 4. The molecule has 3 aromatic heterocycles. The number of carbonyl (C=O) groups excluding carboxylic acids is 1. The Bertz CT molecular complexity index is 825. The fourth-order valence-corrected chi connectivity index (χ4v) is 3.51. The number of piperidine rings is 1. The van der Waals surface area contributed by atoms with Crippen molar-refractivity contribution in [1.82, 2.24) is 24.4 Å². The van der Waals surface area contributed by atoms with E-state index in [-0.39, 0.29) is 11.8 Å². The van der Waals surface area contributed by atoms with Gasteiger partial charge in [-0.2, -0.15) is 0 Å². The normalized spacial score (nSPS) is 17.6. The molecule has 0 saturated carbocycles. The fourth-order valence-electron chi connectivity index (χ4n) is 3.51. The largest absolute Gasteiger partial charge is 0.357 e. The lowest BCUT2D eigenvalue weighted by Crippen LogP contribution is -2.40. The van der Waals surface area contributed by atoms with E-state index in [1.54, 1.807) is 6.20 Å². The summed E-state index contributed by atoms with van der Waals surface area (Å²) in [7, 11) is 0. The second-order valence-corrected chi connectivity index (χ2v) is 6.44. The monoisotopic (exact) mass is 335 g/mol. The topological polar surface area (TPSA) is 66.8 Å². The minimum Gasteiger partial charge on any atom is -0.357 e. The number of hydrogen-bond donors (Lipinski definition) is 1. The number of pyridine rings is 1. The Labute approximate surface area is 146 Å². The quantitative estimate of drug-likeness (QED) is 0.797. The fraction of sp³-hybridized carbons (Fsp3) is 0.316. The molecule has 0 spiro atoms. The van der Waals surface area contributed by atoms with Crippen molar-refractivity contribution in [2.45, 2.75) is 25.3 Å². The van der Waals surface area contributed by atoms with Crippen molar-refractivity contribution in [1.29, 1.82) is 0 Å². The average molecular weight is 335 g/mol. The third-order valence-corrected chi connectivity index (χ3v) is 4.75. The SMILES string of the molecule is O=C(c1ccc[nH]1)N1CCC[C@H](c2nccn2Cc2ccncc2)C1. The summed E-state index contributed by atoms with van der Waals surface area (Å²) in [5.74, 6) is 1.40. The molecule has 0 bridgehead atoms. The smallest absolute Gasteiger partial charge is 0.270 e. The maximum Gasteiger partial charge on any atom is 0.270 e. The second kappa shape index (κ2) is 6.93. The molecule has 1 N–H and O–H groups in total. The lowest BCUT2D eigenvalue weighted by atomic mass is 9.96. The number of imidazole rings is 1. The first-order valence-electron chi connectivity index (χ1n) is 8.64. The van der Waals surface area contributed by atoms with E-state index < -0.39 is 0 Å². The van der Waals surface area contributed by atoms with Crippen LogP contribution in [0.1, 0.15) is 40.6 Å². The summed E-state index contributed by atoms with van der Waals surface area (Å²) in [4.78, 5) is 26.2. The van der Waals surface area contributed by atoms with E-state index in [2.05, 4.69) is 19.5 Å². The number of aromatic nitrogens is 4. The maximum absolute atomic E-state index is 12.6. The van der Waals surface area contributed by atoms with Gasteiger partial charge in [-0.15, -0.1) is 0 Å². The maximum atomic E-state index is 12.6. The van der Waals surface area contributed by atoms with Gasteiger partial charge >= 0.3 is 0 Å². The van der Waals surface area contributed by atoms with Gasteiger partial charge in [0.1, 0.15) is 11.5 Å². The third kappa shape index (κ3) is 3.33. The summed E-state index contributed by atoms with van der Waals surface area (Å²) < 4.78 is 2.18. The van der Waals surface area contributed by atoms with Crippen molar-refractivity contribution in [2.75, 3.05) is 13.1 Å². The molecule has 25 heavy (non-hydrogen) atoms. The summed E-state index contributed by atoms with van der Waals surface area (Å²) in [6.07, 6.45) is 11.3. The van der Waals surface area contributed by atoms with Crippen LogP contribution in [0.5, 0.6) is 0 Å². The second-order valence-electron chi connectivity index (χ2n) is 6.44. The van der Waals surface area contributed by atoms with Gasteiger partial charge in [-0.3, -0.25) is 9.78 Å². The summed E-state index contributed by atoms with van der Waals surface area (Å²) in [5, 5.41) is 0. The molecule has 0 unspecified atom stereocenters. The number of nitrogens with zero attached hydrogens (tertiary/aromatic N) is 4.